The zero-order valence-corrected chi connectivity index (χ0v) is 12.3. The first-order valence-corrected chi connectivity index (χ1v) is 6.93. The lowest BCUT2D eigenvalue weighted by Crippen LogP contribution is -2.10. The highest BCUT2D eigenvalue weighted by molar-refractivity contribution is 6.42. The van der Waals surface area contributed by atoms with E-state index in [0.29, 0.717) is 15.7 Å². The highest BCUT2D eigenvalue weighted by atomic mass is 35.5. The Morgan fingerprint density at radius 2 is 1.75 bits per heavy atom. The maximum absolute atomic E-state index is 13.2. The molecule has 0 amide bonds. The first-order valence-electron chi connectivity index (χ1n) is 6.17. The minimum Gasteiger partial charge on any atom is -0.378 e. The fraction of sp³-hybridized carbons (Fsp3) is 0.200. The second-order valence-corrected chi connectivity index (χ2v) is 5.22. The van der Waals surface area contributed by atoms with Gasteiger partial charge in [0.05, 0.1) is 16.1 Å². The van der Waals surface area contributed by atoms with Crippen LogP contribution in [0.4, 0.5) is 14.5 Å². The largest absolute Gasteiger partial charge is 0.378 e. The zero-order chi connectivity index (χ0) is 14.7. The molecule has 0 saturated heterocycles. The Kier molecular flexibility index (Phi) is 4.84. The van der Waals surface area contributed by atoms with Crippen molar-refractivity contribution in [3.63, 3.8) is 0 Å². The van der Waals surface area contributed by atoms with Crippen molar-refractivity contribution in [1.82, 2.24) is 0 Å². The van der Waals surface area contributed by atoms with Gasteiger partial charge in [-0.05, 0) is 36.2 Å². The lowest BCUT2D eigenvalue weighted by atomic mass is 10.0. The molecule has 0 aliphatic heterocycles. The van der Waals surface area contributed by atoms with Crippen molar-refractivity contribution in [3.8, 4) is 0 Å². The molecule has 0 spiro atoms. The molecule has 1 N–H and O–H groups in total. The Bertz CT molecular complexity index is 617. The monoisotopic (exact) mass is 315 g/mol. The van der Waals surface area contributed by atoms with E-state index < -0.39 is 11.6 Å². The summed E-state index contributed by atoms with van der Waals surface area (Å²) >= 11 is 11.9. The van der Waals surface area contributed by atoms with E-state index in [1.807, 2.05) is 13.0 Å². The first-order chi connectivity index (χ1) is 9.51. The lowest BCUT2D eigenvalue weighted by molar-refractivity contribution is 0.509. The summed E-state index contributed by atoms with van der Waals surface area (Å²) in [4.78, 5) is 0. The second kappa shape index (κ2) is 6.42. The highest BCUT2D eigenvalue weighted by Crippen LogP contribution is 2.29. The Morgan fingerprint density at radius 1 is 1.00 bits per heavy atom. The molecule has 106 valence electrons. The molecule has 0 radical (unpaired) electrons. The van der Waals surface area contributed by atoms with Crippen molar-refractivity contribution in [3.05, 3.63) is 63.6 Å². The summed E-state index contributed by atoms with van der Waals surface area (Å²) in [6, 6.07) is 9.01. The van der Waals surface area contributed by atoms with Crippen LogP contribution >= 0.6 is 23.2 Å². The highest BCUT2D eigenvalue weighted by Gasteiger charge is 2.12. The van der Waals surface area contributed by atoms with Crippen LogP contribution < -0.4 is 5.32 Å². The quantitative estimate of drug-likeness (QED) is 0.748. The number of anilines is 1. The Balaban J connectivity index is 2.23. The van der Waals surface area contributed by atoms with E-state index in [4.69, 9.17) is 23.2 Å². The SMILES string of the molecule is CCC(Nc1ccc(F)c(F)c1)c1ccc(Cl)c(Cl)c1. The maximum atomic E-state index is 13.2. The molecule has 2 aromatic rings. The molecule has 0 aromatic heterocycles. The Morgan fingerprint density at radius 3 is 2.35 bits per heavy atom. The van der Waals surface area contributed by atoms with Gasteiger partial charge in [-0.25, -0.2) is 8.78 Å². The van der Waals surface area contributed by atoms with Crippen molar-refractivity contribution in [2.45, 2.75) is 19.4 Å². The molecule has 2 rings (SSSR count). The fourth-order valence-corrected chi connectivity index (χ4v) is 2.24. The summed E-state index contributed by atoms with van der Waals surface area (Å²) in [5.74, 6) is -1.74. The van der Waals surface area contributed by atoms with Gasteiger partial charge in [-0.3, -0.25) is 0 Å². The molecule has 0 aliphatic carbocycles. The smallest absolute Gasteiger partial charge is 0.160 e. The van der Waals surface area contributed by atoms with E-state index in [2.05, 4.69) is 5.32 Å². The van der Waals surface area contributed by atoms with E-state index in [1.165, 1.54) is 6.07 Å². The van der Waals surface area contributed by atoms with E-state index >= 15 is 0 Å². The van der Waals surface area contributed by atoms with E-state index in [9.17, 15) is 8.78 Å². The predicted molar refractivity (Wildman–Crippen MR) is 79.5 cm³/mol. The van der Waals surface area contributed by atoms with Crippen molar-refractivity contribution in [1.29, 1.82) is 0 Å². The summed E-state index contributed by atoms with van der Waals surface area (Å²) in [6.07, 6.45) is 0.761. The number of rotatable bonds is 4. The molecule has 5 heteroatoms. The van der Waals surface area contributed by atoms with Gasteiger partial charge in [0.25, 0.3) is 0 Å². The summed E-state index contributed by atoms with van der Waals surface area (Å²) in [5.41, 5.74) is 1.45. The number of nitrogens with one attached hydrogen (secondary N) is 1. The summed E-state index contributed by atoms with van der Waals surface area (Å²) in [6.45, 7) is 1.99. The Hall–Kier alpha value is -1.32. The molecule has 0 saturated carbocycles. The molecular formula is C15H13Cl2F2N. The van der Waals surface area contributed by atoms with Crippen molar-refractivity contribution in [2.24, 2.45) is 0 Å². The molecule has 0 bridgehead atoms. The summed E-state index contributed by atoms with van der Waals surface area (Å²) in [5, 5.41) is 4.10. The van der Waals surface area contributed by atoms with Gasteiger partial charge in [0.2, 0.25) is 0 Å². The fourth-order valence-electron chi connectivity index (χ4n) is 1.94. The molecular weight excluding hydrogens is 303 g/mol. The molecule has 1 atom stereocenters. The van der Waals surface area contributed by atoms with E-state index in [0.717, 1.165) is 24.1 Å². The van der Waals surface area contributed by atoms with Crippen LogP contribution in [0.25, 0.3) is 0 Å². The molecule has 1 unspecified atom stereocenters. The second-order valence-electron chi connectivity index (χ2n) is 4.41. The number of hydrogen-bond donors (Lipinski definition) is 1. The first kappa shape index (κ1) is 15.1. The molecule has 20 heavy (non-hydrogen) atoms. The van der Waals surface area contributed by atoms with Crippen molar-refractivity contribution < 1.29 is 8.78 Å². The normalized spacial score (nSPS) is 12.2. The van der Waals surface area contributed by atoms with Crippen LogP contribution in [0.15, 0.2) is 36.4 Å². The van der Waals surface area contributed by atoms with Gasteiger partial charge in [0.1, 0.15) is 0 Å². The van der Waals surface area contributed by atoms with Crippen molar-refractivity contribution >= 4 is 28.9 Å². The molecule has 0 fully saturated rings. The van der Waals surface area contributed by atoms with Gasteiger partial charge in [-0.15, -0.1) is 0 Å². The maximum Gasteiger partial charge on any atom is 0.160 e. The van der Waals surface area contributed by atoms with Crippen LogP contribution in [-0.2, 0) is 0 Å². The van der Waals surface area contributed by atoms with Crippen molar-refractivity contribution in [2.75, 3.05) is 5.32 Å². The van der Waals surface area contributed by atoms with Crippen LogP contribution in [0, 0.1) is 11.6 Å². The van der Waals surface area contributed by atoms with Crippen LogP contribution in [0.2, 0.25) is 10.0 Å². The third-order valence-electron chi connectivity index (χ3n) is 3.01. The summed E-state index contributed by atoms with van der Waals surface area (Å²) < 4.78 is 26.1. The van der Waals surface area contributed by atoms with Gasteiger partial charge >= 0.3 is 0 Å². The van der Waals surface area contributed by atoms with Crippen LogP contribution in [0.1, 0.15) is 24.9 Å². The number of hydrogen-bond acceptors (Lipinski definition) is 1. The Labute approximate surface area is 126 Å². The lowest BCUT2D eigenvalue weighted by Gasteiger charge is -2.19. The van der Waals surface area contributed by atoms with Gasteiger partial charge < -0.3 is 5.32 Å². The molecule has 1 nitrogen and oxygen atoms in total. The van der Waals surface area contributed by atoms with Gasteiger partial charge in [-0.1, -0.05) is 36.2 Å². The number of benzene rings is 2. The van der Waals surface area contributed by atoms with Crippen LogP contribution in [-0.4, -0.2) is 0 Å². The average Bonchev–Trinajstić information content (AvgIpc) is 2.43. The standard InChI is InChI=1S/C15H13Cl2F2N/c1-2-15(9-3-5-11(16)12(17)7-9)20-10-4-6-13(18)14(19)8-10/h3-8,15,20H,2H2,1H3. The minimum absolute atomic E-state index is 0.0605. The topological polar surface area (TPSA) is 12.0 Å². The van der Waals surface area contributed by atoms with Gasteiger partial charge in [0.15, 0.2) is 11.6 Å². The van der Waals surface area contributed by atoms with Gasteiger partial charge in [-0.2, -0.15) is 0 Å². The molecule has 0 aliphatic rings. The van der Waals surface area contributed by atoms with Crippen LogP contribution in [0.3, 0.4) is 0 Å². The number of halogens is 4. The third kappa shape index (κ3) is 3.41. The minimum atomic E-state index is -0.876. The van der Waals surface area contributed by atoms with E-state index in [1.54, 1.807) is 12.1 Å². The zero-order valence-electron chi connectivity index (χ0n) is 10.8. The third-order valence-corrected chi connectivity index (χ3v) is 3.75. The predicted octanol–water partition coefficient (Wildman–Crippen LogP) is 5.83. The molecule has 0 heterocycles. The average molecular weight is 316 g/mol. The van der Waals surface area contributed by atoms with Crippen LogP contribution in [0.5, 0.6) is 0 Å². The van der Waals surface area contributed by atoms with E-state index in [-0.39, 0.29) is 6.04 Å². The van der Waals surface area contributed by atoms with Gasteiger partial charge in [0, 0.05) is 11.8 Å². The molecule has 2 aromatic carbocycles. The summed E-state index contributed by atoms with van der Waals surface area (Å²) in [7, 11) is 0.